The van der Waals surface area contributed by atoms with Crippen molar-refractivity contribution in [3.63, 3.8) is 0 Å². The quantitative estimate of drug-likeness (QED) is 0.256. The van der Waals surface area contributed by atoms with E-state index < -0.39 is 0 Å². The van der Waals surface area contributed by atoms with Crippen molar-refractivity contribution in [2.45, 2.75) is 6.92 Å². The van der Waals surface area contributed by atoms with Gasteiger partial charge < -0.3 is 15.8 Å². The zero-order valence-electron chi connectivity index (χ0n) is 8.31. The summed E-state index contributed by atoms with van der Waals surface area (Å²) >= 11 is 0. The fourth-order valence-corrected chi connectivity index (χ4v) is 1.48. The van der Waals surface area contributed by atoms with E-state index in [1.54, 1.807) is 11.8 Å². The summed E-state index contributed by atoms with van der Waals surface area (Å²) in [6.45, 7) is 5.01. The topological polar surface area (TPSA) is 82.2 Å². The second-order valence-electron chi connectivity index (χ2n) is 3.37. The van der Waals surface area contributed by atoms with Gasteiger partial charge in [0.15, 0.2) is 5.84 Å². The Bertz CT molecular complexity index is 233. The van der Waals surface area contributed by atoms with Crippen LogP contribution in [0.3, 0.4) is 0 Å². The summed E-state index contributed by atoms with van der Waals surface area (Å²) in [5, 5.41) is 11.3. The molecule has 1 aliphatic rings. The van der Waals surface area contributed by atoms with Crippen molar-refractivity contribution in [2.75, 3.05) is 32.7 Å². The lowest BCUT2D eigenvalue weighted by Crippen LogP contribution is -2.50. The maximum absolute atomic E-state index is 11.0. The van der Waals surface area contributed by atoms with Crippen LogP contribution in [0.2, 0.25) is 0 Å². The summed E-state index contributed by atoms with van der Waals surface area (Å²) < 4.78 is 0. The molecule has 0 aromatic heterocycles. The minimum atomic E-state index is 0.105. The zero-order chi connectivity index (χ0) is 10.6. The van der Waals surface area contributed by atoms with Gasteiger partial charge in [-0.05, 0) is 0 Å². The standard InChI is InChI=1S/C8H16N4O2/c1-7(13)12-4-2-11(3-5-12)6-8(9)10-14/h14H,2-6H2,1H3,(H2,9,10). The Morgan fingerprint density at radius 2 is 2.00 bits per heavy atom. The highest BCUT2D eigenvalue weighted by Gasteiger charge is 2.18. The second kappa shape index (κ2) is 4.80. The third-order valence-electron chi connectivity index (χ3n) is 2.33. The van der Waals surface area contributed by atoms with Gasteiger partial charge in [0.1, 0.15) is 0 Å². The molecule has 0 radical (unpaired) electrons. The second-order valence-corrected chi connectivity index (χ2v) is 3.37. The number of nitrogens with zero attached hydrogens (tertiary/aromatic N) is 3. The van der Waals surface area contributed by atoms with Crippen LogP contribution in [0.1, 0.15) is 6.92 Å². The number of piperazine rings is 1. The molecule has 1 amide bonds. The maximum Gasteiger partial charge on any atom is 0.219 e. The molecule has 0 aromatic carbocycles. The molecule has 6 nitrogen and oxygen atoms in total. The molecule has 80 valence electrons. The number of amides is 1. The minimum Gasteiger partial charge on any atom is -0.409 e. The number of nitrogens with two attached hydrogens (primary N) is 1. The molecule has 6 heteroatoms. The minimum absolute atomic E-state index is 0.105. The SMILES string of the molecule is CC(=O)N1CCN(C/C(N)=N/O)CC1. The van der Waals surface area contributed by atoms with Gasteiger partial charge in [0.05, 0.1) is 6.54 Å². The van der Waals surface area contributed by atoms with E-state index in [0.717, 1.165) is 13.1 Å². The molecule has 0 aromatic rings. The van der Waals surface area contributed by atoms with Gasteiger partial charge in [-0.15, -0.1) is 0 Å². The van der Waals surface area contributed by atoms with E-state index in [9.17, 15) is 4.79 Å². The van der Waals surface area contributed by atoms with E-state index in [4.69, 9.17) is 10.9 Å². The summed E-state index contributed by atoms with van der Waals surface area (Å²) in [5.74, 6) is 0.315. The van der Waals surface area contributed by atoms with Gasteiger partial charge in [-0.1, -0.05) is 5.16 Å². The molecule has 1 fully saturated rings. The lowest BCUT2D eigenvalue weighted by Gasteiger charge is -2.33. The number of hydrogen-bond donors (Lipinski definition) is 2. The third kappa shape index (κ3) is 2.88. The molecule has 0 atom stereocenters. The highest BCUT2D eigenvalue weighted by atomic mass is 16.4. The third-order valence-corrected chi connectivity index (χ3v) is 2.33. The fraction of sp³-hybridized carbons (Fsp3) is 0.750. The van der Waals surface area contributed by atoms with Crippen LogP contribution in [0.4, 0.5) is 0 Å². The molecular formula is C8H16N4O2. The first-order valence-electron chi connectivity index (χ1n) is 4.57. The molecule has 1 rings (SSSR count). The van der Waals surface area contributed by atoms with E-state index in [0.29, 0.717) is 19.6 Å². The number of carbonyl (C=O) groups excluding carboxylic acids is 1. The summed E-state index contributed by atoms with van der Waals surface area (Å²) in [6, 6.07) is 0. The smallest absolute Gasteiger partial charge is 0.219 e. The van der Waals surface area contributed by atoms with Crippen molar-refractivity contribution in [1.82, 2.24) is 9.80 Å². The molecule has 0 aliphatic carbocycles. The van der Waals surface area contributed by atoms with Crippen molar-refractivity contribution in [2.24, 2.45) is 10.9 Å². The van der Waals surface area contributed by atoms with Crippen molar-refractivity contribution in [1.29, 1.82) is 0 Å². The Kier molecular flexibility index (Phi) is 3.70. The Morgan fingerprint density at radius 1 is 1.43 bits per heavy atom. The number of amidine groups is 1. The van der Waals surface area contributed by atoms with Gasteiger partial charge in [0.2, 0.25) is 5.91 Å². The van der Waals surface area contributed by atoms with Crippen molar-refractivity contribution >= 4 is 11.7 Å². The van der Waals surface area contributed by atoms with E-state index >= 15 is 0 Å². The van der Waals surface area contributed by atoms with Crippen LogP contribution in [0, 0.1) is 0 Å². The molecule has 14 heavy (non-hydrogen) atoms. The van der Waals surface area contributed by atoms with Crippen LogP contribution in [-0.2, 0) is 4.79 Å². The van der Waals surface area contributed by atoms with Gasteiger partial charge in [0, 0.05) is 33.1 Å². The van der Waals surface area contributed by atoms with Gasteiger partial charge in [-0.3, -0.25) is 9.69 Å². The van der Waals surface area contributed by atoms with Crippen molar-refractivity contribution < 1.29 is 10.0 Å². The molecule has 1 heterocycles. The lowest BCUT2D eigenvalue weighted by molar-refractivity contribution is -0.130. The molecule has 1 saturated heterocycles. The van der Waals surface area contributed by atoms with Crippen LogP contribution in [-0.4, -0.2) is 59.5 Å². The summed E-state index contributed by atoms with van der Waals surface area (Å²) in [4.78, 5) is 14.8. The van der Waals surface area contributed by atoms with Crippen LogP contribution in [0.15, 0.2) is 5.16 Å². The molecule has 0 bridgehead atoms. The van der Waals surface area contributed by atoms with E-state index in [1.165, 1.54) is 0 Å². The maximum atomic E-state index is 11.0. The van der Waals surface area contributed by atoms with Gasteiger partial charge in [0.25, 0.3) is 0 Å². The average Bonchev–Trinajstić information content (AvgIpc) is 2.18. The normalized spacial score (nSPS) is 19.8. The predicted octanol–water partition coefficient (Wildman–Crippen LogP) is -1.10. The van der Waals surface area contributed by atoms with E-state index in [2.05, 4.69) is 10.1 Å². The van der Waals surface area contributed by atoms with Crippen molar-refractivity contribution in [3.05, 3.63) is 0 Å². The van der Waals surface area contributed by atoms with Crippen LogP contribution >= 0.6 is 0 Å². The van der Waals surface area contributed by atoms with Crippen LogP contribution in [0.25, 0.3) is 0 Å². The first-order valence-corrected chi connectivity index (χ1v) is 4.57. The summed E-state index contributed by atoms with van der Waals surface area (Å²) in [6.07, 6.45) is 0. The van der Waals surface area contributed by atoms with E-state index in [-0.39, 0.29) is 11.7 Å². The monoisotopic (exact) mass is 200 g/mol. The van der Waals surface area contributed by atoms with Crippen molar-refractivity contribution in [3.8, 4) is 0 Å². The Labute approximate surface area is 83.0 Å². The number of rotatable bonds is 2. The van der Waals surface area contributed by atoms with Gasteiger partial charge in [-0.25, -0.2) is 0 Å². The highest BCUT2D eigenvalue weighted by Crippen LogP contribution is 2.01. The molecule has 0 saturated carbocycles. The predicted molar refractivity (Wildman–Crippen MR) is 52.1 cm³/mol. The Hall–Kier alpha value is -1.30. The average molecular weight is 200 g/mol. The molecule has 0 unspecified atom stereocenters. The van der Waals surface area contributed by atoms with Crippen LogP contribution < -0.4 is 5.73 Å². The zero-order valence-corrected chi connectivity index (χ0v) is 8.31. The van der Waals surface area contributed by atoms with Crippen LogP contribution in [0.5, 0.6) is 0 Å². The summed E-state index contributed by atoms with van der Waals surface area (Å²) in [7, 11) is 0. The first kappa shape index (κ1) is 10.8. The Morgan fingerprint density at radius 3 is 2.43 bits per heavy atom. The van der Waals surface area contributed by atoms with Gasteiger partial charge >= 0.3 is 0 Å². The summed E-state index contributed by atoms with van der Waals surface area (Å²) in [5.41, 5.74) is 5.38. The number of hydrogen-bond acceptors (Lipinski definition) is 4. The highest BCUT2D eigenvalue weighted by molar-refractivity contribution is 5.81. The fourth-order valence-electron chi connectivity index (χ4n) is 1.48. The number of carbonyl (C=O) groups is 1. The molecule has 0 spiro atoms. The lowest BCUT2D eigenvalue weighted by atomic mass is 10.3. The molecule has 3 N–H and O–H groups in total. The number of oxime groups is 1. The first-order chi connectivity index (χ1) is 6.63. The molecule has 1 aliphatic heterocycles. The Balaban J connectivity index is 2.32. The van der Waals surface area contributed by atoms with E-state index in [1.807, 2.05) is 0 Å². The largest absolute Gasteiger partial charge is 0.409 e. The molecular weight excluding hydrogens is 184 g/mol. The van der Waals surface area contributed by atoms with Gasteiger partial charge in [-0.2, -0.15) is 0 Å².